The van der Waals surface area contributed by atoms with E-state index in [1.165, 1.54) is 11.8 Å². The average molecular weight is 295 g/mol. The van der Waals surface area contributed by atoms with E-state index < -0.39 is 0 Å². The van der Waals surface area contributed by atoms with Crippen LogP contribution in [0.3, 0.4) is 0 Å². The van der Waals surface area contributed by atoms with Crippen LogP contribution in [0.25, 0.3) is 0 Å². The Morgan fingerprint density at radius 2 is 2.05 bits per heavy atom. The molecule has 0 spiro atoms. The number of nitrogens with zero attached hydrogens (tertiary/aromatic N) is 1. The zero-order chi connectivity index (χ0) is 13.8. The van der Waals surface area contributed by atoms with Crippen molar-refractivity contribution in [2.75, 3.05) is 5.73 Å². The molecule has 0 amide bonds. The SMILES string of the molecule is CC(C)Oc1cc(N)cc(Sc2ccc(Cl)cn2)c1. The molecule has 0 saturated heterocycles. The molecule has 0 fully saturated rings. The first-order valence-corrected chi connectivity index (χ1v) is 7.09. The standard InChI is InChI=1S/C14H15ClN2OS/c1-9(2)18-12-5-11(16)6-13(7-12)19-14-4-3-10(15)8-17-14/h3-9H,16H2,1-2H3. The van der Waals surface area contributed by atoms with Gasteiger partial charge in [-0.15, -0.1) is 0 Å². The van der Waals surface area contributed by atoms with Crippen molar-refractivity contribution in [2.24, 2.45) is 0 Å². The number of pyridine rings is 1. The second kappa shape index (κ2) is 6.17. The first-order chi connectivity index (χ1) is 9.02. The molecule has 100 valence electrons. The fraction of sp³-hybridized carbons (Fsp3) is 0.214. The number of benzene rings is 1. The lowest BCUT2D eigenvalue weighted by atomic mass is 10.3. The highest BCUT2D eigenvalue weighted by Crippen LogP contribution is 2.31. The number of rotatable bonds is 4. The molecule has 2 aromatic rings. The summed E-state index contributed by atoms with van der Waals surface area (Å²) in [5, 5.41) is 1.49. The largest absolute Gasteiger partial charge is 0.491 e. The van der Waals surface area contributed by atoms with Gasteiger partial charge in [0.2, 0.25) is 0 Å². The monoisotopic (exact) mass is 294 g/mol. The minimum atomic E-state index is 0.119. The summed E-state index contributed by atoms with van der Waals surface area (Å²) >= 11 is 7.33. The number of hydrogen-bond acceptors (Lipinski definition) is 4. The number of halogens is 1. The fourth-order valence-electron chi connectivity index (χ4n) is 1.54. The van der Waals surface area contributed by atoms with Crippen LogP contribution in [0.2, 0.25) is 5.02 Å². The molecule has 2 N–H and O–H groups in total. The Labute approximate surface area is 122 Å². The van der Waals surface area contributed by atoms with Crippen molar-refractivity contribution < 1.29 is 4.74 Å². The van der Waals surface area contributed by atoms with E-state index in [2.05, 4.69) is 4.98 Å². The smallest absolute Gasteiger partial charge is 0.122 e. The van der Waals surface area contributed by atoms with Gasteiger partial charge in [0.05, 0.1) is 11.1 Å². The normalized spacial score (nSPS) is 10.7. The number of nitrogens with two attached hydrogens (primary N) is 1. The quantitative estimate of drug-likeness (QED) is 0.856. The van der Waals surface area contributed by atoms with E-state index in [4.69, 9.17) is 22.1 Å². The third kappa shape index (κ3) is 4.33. The van der Waals surface area contributed by atoms with Crippen molar-refractivity contribution in [1.82, 2.24) is 4.98 Å². The molecule has 0 saturated carbocycles. The molecular weight excluding hydrogens is 280 g/mol. The predicted octanol–water partition coefficient (Wildman–Crippen LogP) is 4.26. The molecule has 5 heteroatoms. The molecule has 0 bridgehead atoms. The highest BCUT2D eigenvalue weighted by atomic mass is 35.5. The van der Waals surface area contributed by atoms with Crippen LogP contribution in [-0.2, 0) is 0 Å². The Bertz CT molecular complexity index is 558. The third-order valence-electron chi connectivity index (χ3n) is 2.20. The van der Waals surface area contributed by atoms with Crippen molar-refractivity contribution in [3.05, 3.63) is 41.6 Å². The fourth-order valence-corrected chi connectivity index (χ4v) is 2.50. The number of nitrogen functional groups attached to an aromatic ring is 1. The summed E-state index contributed by atoms with van der Waals surface area (Å²) in [6.45, 7) is 3.97. The first kappa shape index (κ1) is 14.0. The zero-order valence-electron chi connectivity index (χ0n) is 10.8. The van der Waals surface area contributed by atoms with Gasteiger partial charge in [-0.1, -0.05) is 23.4 Å². The summed E-state index contributed by atoms with van der Waals surface area (Å²) in [6, 6.07) is 9.36. The van der Waals surface area contributed by atoms with Gasteiger partial charge in [-0.3, -0.25) is 0 Å². The van der Waals surface area contributed by atoms with Crippen LogP contribution in [-0.4, -0.2) is 11.1 Å². The topological polar surface area (TPSA) is 48.1 Å². The van der Waals surface area contributed by atoms with Crippen LogP contribution < -0.4 is 10.5 Å². The molecule has 2 rings (SSSR count). The van der Waals surface area contributed by atoms with Gasteiger partial charge in [0.15, 0.2) is 0 Å². The average Bonchev–Trinajstić information content (AvgIpc) is 2.30. The van der Waals surface area contributed by atoms with E-state index in [0.717, 1.165) is 15.7 Å². The third-order valence-corrected chi connectivity index (χ3v) is 3.34. The first-order valence-electron chi connectivity index (χ1n) is 5.89. The van der Waals surface area contributed by atoms with Crippen LogP contribution in [0.4, 0.5) is 5.69 Å². The Kier molecular flexibility index (Phi) is 4.56. The minimum absolute atomic E-state index is 0.119. The molecule has 3 nitrogen and oxygen atoms in total. The summed E-state index contributed by atoms with van der Waals surface area (Å²) in [7, 11) is 0. The molecule has 1 aromatic carbocycles. The molecular formula is C14H15ClN2OS. The summed E-state index contributed by atoms with van der Waals surface area (Å²) in [4.78, 5) is 5.23. The van der Waals surface area contributed by atoms with E-state index >= 15 is 0 Å². The highest BCUT2D eigenvalue weighted by molar-refractivity contribution is 7.99. The summed E-state index contributed by atoms with van der Waals surface area (Å²) < 4.78 is 5.66. The van der Waals surface area contributed by atoms with Crippen molar-refractivity contribution in [3.63, 3.8) is 0 Å². The maximum absolute atomic E-state index is 5.88. The van der Waals surface area contributed by atoms with Gasteiger partial charge in [-0.25, -0.2) is 4.98 Å². The minimum Gasteiger partial charge on any atom is -0.491 e. The molecule has 0 aliphatic heterocycles. The van der Waals surface area contributed by atoms with Gasteiger partial charge >= 0.3 is 0 Å². The number of hydrogen-bond donors (Lipinski definition) is 1. The molecule has 0 unspecified atom stereocenters. The predicted molar refractivity (Wildman–Crippen MR) is 80.0 cm³/mol. The van der Waals surface area contributed by atoms with E-state index in [0.29, 0.717) is 10.7 Å². The van der Waals surface area contributed by atoms with Gasteiger partial charge in [-0.2, -0.15) is 0 Å². The van der Waals surface area contributed by atoms with Gasteiger partial charge in [0, 0.05) is 22.8 Å². The molecule has 0 radical (unpaired) electrons. The van der Waals surface area contributed by atoms with Gasteiger partial charge < -0.3 is 10.5 Å². The molecule has 19 heavy (non-hydrogen) atoms. The number of anilines is 1. The Morgan fingerprint density at radius 3 is 2.68 bits per heavy atom. The van der Waals surface area contributed by atoms with Crippen LogP contribution in [0.15, 0.2) is 46.5 Å². The lowest BCUT2D eigenvalue weighted by Gasteiger charge is -2.11. The Balaban J connectivity index is 2.19. The second-order valence-electron chi connectivity index (χ2n) is 4.32. The van der Waals surface area contributed by atoms with Crippen molar-refractivity contribution in [3.8, 4) is 5.75 Å². The van der Waals surface area contributed by atoms with Crippen LogP contribution in [0, 0.1) is 0 Å². The maximum atomic E-state index is 5.88. The van der Waals surface area contributed by atoms with E-state index in [9.17, 15) is 0 Å². The van der Waals surface area contributed by atoms with Gasteiger partial charge in [-0.05, 0) is 38.1 Å². The van der Waals surface area contributed by atoms with E-state index in [1.54, 1.807) is 6.20 Å². The summed E-state index contributed by atoms with van der Waals surface area (Å²) in [5.74, 6) is 0.770. The van der Waals surface area contributed by atoms with Crippen molar-refractivity contribution >= 4 is 29.1 Å². The van der Waals surface area contributed by atoms with Gasteiger partial charge in [0.1, 0.15) is 10.8 Å². The number of ether oxygens (including phenoxy) is 1. The molecule has 1 heterocycles. The number of aromatic nitrogens is 1. The second-order valence-corrected chi connectivity index (χ2v) is 5.85. The summed E-state index contributed by atoms with van der Waals surface area (Å²) in [5.41, 5.74) is 6.55. The van der Waals surface area contributed by atoms with Crippen LogP contribution in [0.5, 0.6) is 5.75 Å². The van der Waals surface area contributed by atoms with Crippen LogP contribution >= 0.6 is 23.4 Å². The van der Waals surface area contributed by atoms with Crippen LogP contribution in [0.1, 0.15) is 13.8 Å². The summed E-state index contributed by atoms with van der Waals surface area (Å²) in [6.07, 6.45) is 1.75. The Morgan fingerprint density at radius 1 is 1.26 bits per heavy atom. The van der Waals surface area contributed by atoms with Crippen molar-refractivity contribution in [2.45, 2.75) is 29.9 Å². The molecule has 1 aromatic heterocycles. The molecule has 0 atom stereocenters. The lowest BCUT2D eigenvalue weighted by Crippen LogP contribution is -2.05. The van der Waals surface area contributed by atoms with Crippen molar-refractivity contribution in [1.29, 1.82) is 0 Å². The molecule has 0 aliphatic rings. The highest BCUT2D eigenvalue weighted by Gasteiger charge is 2.05. The lowest BCUT2D eigenvalue weighted by molar-refractivity contribution is 0.242. The molecule has 0 aliphatic carbocycles. The van der Waals surface area contributed by atoms with E-state index in [1.807, 2.05) is 44.2 Å². The maximum Gasteiger partial charge on any atom is 0.122 e. The zero-order valence-corrected chi connectivity index (χ0v) is 12.3. The van der Waals surface area contributed by atoms with E-state index in [-0.39, 0.29) is 6.10 Å². The Hall–Kier alpha value is -1.39. The van der Waals surface area contributed by atoms with Gasteiger partial charge in [0.25, 0.3) is 0 Å².